The molecule has 0 spiro atoms. The third-order valence-electron chi connectivity index (χ3n) is 7.21. The summed E-state index contributed by atoms with van der Waals surface area (Å²) in [6.45, 7) is 1.82. The van der Waals surface area contributed by atoms with Crippen molar-refractivity contribution in [1.82, 2.24) is 4.57 Å². The number of methoxy groups -OCH3 is 1. The second-order valence-corrected chi connectivity index (χ2v) is 9.95. The molecule has 0 radical (unpaired) electrons. The number of benzene rings is 4. The Morgan fingerprint density at radius 1 is 0.763 bits per heavy atom. The van der Waals surface area contributed by atoms with Crippen LogP contribution < -0.4 is 14.2 Å². The van der Waals surface area contributed by atoms with Gasteiger partial charge in [0.1, 0.15) is 30.5 Å². The molecule has 0 atom stereocenters. The molecule has 38 heavy (non-hydrogen) atoms. The lowest BCUT2D eigenvalue weighted by Crippen LogP contribution is -2.09. The molecule has 0 aliphatic heterocycles. The van der Waals surface area contributed by atoms with Crippen LogP contribution in [-0.2, 0) is 26.0 Å². The van der Waals surface area contributed by atoms with E-state index in [2.05, 4.69) is 65.2 Å². The number of rotatable bonds is 9. The summed E-state index contributed by atoms with van der Waals surface area (Å²) in [4.78, 5) is 0. The first-order chi connectivity index (χ1) is 18.7. The molecule has 5 heteroatoms. The number of alkyl halides is 1. The van der Waals surface area contributed by atoms with Crippen LogP contribution in [0.15, 0.2) is 91.0 Å². The second-order valence-electron chi connectivity index (χ2n) is 9.57. The van der Waals surface area contributed by atoms with Crippen molar-refractivity contribution >= 4 is 22.5 Å². The molecule has 0 saturated carbocycles. The molecular weight excluding hydrogens is 494 g/mol. The van der Waals surface area contributed by atoms with Crippen LogP contribution in [-0.4, -0.2) is 24.2 Å². The highest BCUT2D eigenvalue weighted by Gasteiger charge is 2.25. The third-order valence-corrected chi connectivity index (χ3v) is 7.36. The van der Waals surface area contributed by atoms with E-state index in [1.54, 1.807) is 7.11 Å². The molecule has 192 valence electrons. The lowest BCUT2D eigenvalue weighted by atomic mass is 9.88. The fraction of sp³-hybridized carbons (Fsp3) is 0.212. The van der Waals surface area contributed by atoms with E-state index in [9.17, 15) is 0 Å². The summed E-state index contributed by atoms with van der Waals surface area (Å²) in [5.41, 5.74) is 8.86. The molecule has 0 amide bonds. The SMILES string of the molecule is COc1ccc2c(c1)CCc1c-2n(Cc2ccc(OCCCl)cc2)c2ccc(OCc3ccccc3)cc12. The molecule has 0 saturated heterocycles. The molecule has 0 fully saturated rings. The van der Waals surface area contributed by atoms with Gasteiger partial charge in [0, 0.05) is 23.0 Å². The van der Waals surface area contributed by atoms with Crippen LogP contribution in [0.2, 0.25) is 0 Å². The van der Waals surface area contributed by atoms with Crippen LogP contribution in [0.4, 0.5) is 0 Å². The molecule has 4 nitrogen and oxygen atoms in total. The van der Waals surface area contributed by atoms with Gasteiger partial charge in [-0.25, -0.2) is 0 Å². The minimum absolute atomic E-state index is 0.477. The van der Waals surface area contributed by atoms with Gasteiger partial charge < -0.3 is 18.8 Å². The molecule has 1 aliphatic rings. The van der Waals surface area contributed by atoms with Crippen LogP contribution in [0.5, 0.6) is 17.2 Å². The predicted molar refractivity (Wildman–Crippen MR) is 154 cm³/mol. The summed E-state index contributed by atoms with van der Waals surface area (Å²) in [6.07, 6.45) is 1.96. The smallest absolute Gasteiger partial charge is 0.120 e. The number of ether oxygens (including phenoxy) is 3. The van der Waals surface area contributed by atoms with E-state index in [4.69, 9.17) is 25.8 Å². The Bertz CT molecular complexity index is 1560. The van der Waals surface area contributed by atoms with Crippen molar-refractivity contribution in [2.45, 2.75) is 26.0 Å². The Kier molecular flexibility index (Phi) is 6.98. The minimum atomic E-state index is 0.477. The van der Waals surface area contributed by atoms with Crippen LogP contribution >= 0.6 is 11.6 Å². The quantitative estimate of drug-likeness (QED) is 0.186. The first-order valence-electron chi connectivity index (χ1n) is 13.0. The number of aryl methyl sites for hydroxylation is 2. The van der Waals surface area contributed by atoms with Crippen LogP contribution in [0, 0.1) is 0 Å². The zero-order valence-electron chi connectivity index (χ0n) is 21.5. The van der Waals surface area contributed by atoms with Gasteiger partial charge in [0.05, 0.1) is 18.7 Å². The van der Waals surface area contributed by atoms with E-state index in [0.717, 1.165) is 42.2 Å². The van der Waals surface area contributed by atoms with Gasteiger partial charge in [0.25, 0.3) is 0 Å². The summed E-state index contributed by atoms with van der Waals surface area (Å²) in [7, 11) is 1.73. The third kappa shape index (κ3) is 4.84. The summed E-state index contributed by atoms with van der Waals surface area (Å²) in [5.74, 6) is 3.11. The molecule has 1 heterocycles. The van der Waals surface area contributed by atoms with Crippen LogP contribution in [0.3, 0.4) is 0 Å². The van der Waals surface area contributed by atoms with E-state index in [0.29, 0.717) is 19.1 Å². The number of hydrogen-bond donors (Lipinski definition) is 0. The Labute approximate surface area is 228 Å². The van der Waals surface area contributed by atoms with Crippen molar-refractivity contribution in [3.8, 4) is 28.5 Å². The van der Waals surface area contributed by atoms with Gasteiger partial charge in [-0.1, -0.05) is 42.5 Å². The fourth-order valence-corrected chi connectivity index (χ4v) is 5.46. The predicted octanol–water partition coefficient (Wildman–Crippen LogP) is 7.66. The molecule has 6 rings (SSSR count). The zero-order chi connectivity index (χ0) is 25.9. The number of aromatic nitrogens is 1. The summed E-state index contributed by atoms with van der Waals surface area (Å²) >= 11 is 5.78. The highest BCUT2D eigenvalue weighted by atomic mass is 35.5. The Balaban J connectivity index is 1.40. The number of nitrogens with zero attached hydrogens (tertiary/aromatic N) is 1. The van der Waals surface area contributed by atoms with Crippen molar-refractivity contribution in [2.75, 3.05) is 19.6 Å². The lowest BCUT2D eigenvalue weighted by molar-refractivity contribution is 0.306. The number of fused-ring (bicyclic) bond motifs is 5. The van der Waals surface area contributed by atoms with Crippen molar-refractivity contribution < 1.29 is 14.2 Å². The largest absolute Gasteiger partial charge is 0.497 e. The Morgan fingerprint density at radius 2 is 1.55 bits per heavy atom. The average molecular weight is 524 g/mol. The maximum atomic E-state index is 6.21. The fourth-order valence-electron chi connectivity index (χ4n) is 5.38. The van der Waals surface area contributed by atoms with Crippen LogP contribution in [0.1, 0.15) is 22.3 Å². The monoisotopic (exact) mass is 523 g/mol. The first-order valence-corrected chi connectivity index (χ1v) is 13.5. The van der Waals surface area contributed by atoms with Gasteiger partial charge in [0.2, 0.25) is 0 Å². The Hall–Kier alpha value is -3.89. The summed E-state index contributed by atoms with van der Waals surface area (Å²) in [5, 5.41) is 1.26. The van der Waals surface area contributed by atoms with E-state index in [1.165, 1.54) is 38.9 Å². The van der Waals surface area contributed by atoms with E-state index < -0.39 is 0 Å². The van der Waals surface area contributed by atoms with Crippen molar-refractivity contribution in [3.63, 3.8) is 0 Å². The van der Waals surface area contributed by atoms with Crippen molar-refractivity contribution in [2.24, 2.45) is 0 Å². The van der Waals surface area contributed by atoms with E-state index >= 15 is 0 Å². The van der Waals surface area contributed by atoms with Crippen LogP contribution in [0.25, 0.3) is 22.2 Å². The van der Waals surface area contributed by atoms with Crippen molar-refractivity contribution in [1.29, 1.82) is 0 Å². The number of halogens is 1. The molecule has 1 aromatic heterocycles. The maximum absolute atomic E-state index is 6.21. The molecule has 0 unspecified atom stereocenters. The maximum Gasteiger partial charge on any atom is 0.120 e. The molecular formula is C33H30ClNO3. The van der Waals surface area contributed by atoms with Gasteiger partial charge >= 0.3 is 0 Å². The van der Waals surface area contributed by atoms with Gasteiger partial charge in [-0.3, -0.25) is 0 Å². The summed E-state index contributed by atoms with van der Waals surface area (Å²) < 4.78 is 19.9. The topological polar surface area (TPSA) is 32.6 Å². The van der Waals surface area contributed by atoms with Gasteiger partial charge in [-0.2, -0.15) is 0 Å². The van der Waals surface area contributed by atoms with Crippen molar-refractivity contribution in [3.05, 3.63) is 113 Å². The lowest BCUT2D eigenvalue weighted by Gasteiger charge is -2.21. The standard InChI is InChI=1S/C33H30ClNO3/c1-36-27-12-15-29-25(19-27)9-14-30-31-20-28(38-22-24-5-3-2-4-6-24)13-16-32(31)35(33(29)30)21-23-7-10-26(11-8-23)37-18-17-34/h2-8,10-13,15-16,19-20H,9,14,17-18,21-22H2,1H3. The van der Waals surface area contributed by atoms with E-state index in [1.807, 2.05) is 30.3 Å². The molecule has 5 aromatic rings. The number of hydrogen-bond acceptors (Lipinski definition) is 3. The van der Waals surface area contributed by atoms with Gasteiger partial charge in [0.15, 0.2) is 0 Å². The van der Waals surface area contributed by atoms with E-state index in [-0.39, 0.29) is 0 Å². The second kappa shape index (κ2) is 10.8. The first kappa shape index (κ1) is 24.4. The normalized spacial score (nSPS) is 12.2. The van der Waals surface area contributed by atoms with Gasteiger partial charge in [-0.05, 0) is 83.6 Å². The molecule has 0 bridgehead atoms. The molecule has 0 N–H and O–H groups in total. The molecule has 1 aliphatic carbocycles. The Morgan fingerprint density at radius 3 is 2.34 bits per heavy atom. The van der Waals surface area contributed by atoms with Gasteiger partial charge in [-0.15, -0.1) is 11.6 Å². The highest BCUT2D eigenvalue weighted by Crippen LogP contribution is 2.42. The minimum Gasteiger partial charge on any atom is -0.497 e. The summed E-state index contributed by atoms with van der Waals surface area (Å²) in [6, 6.07) is 31.6. The molecule has 4 aromatic carbocycles. The average Bonchev–Trinajstić information content (AvgIpc) is 3.28. The zero-order valence-corrected chi connectivity index (χ0v) is 22.2. The highest BCUT2D eigenvalue weighted by molar-refractivity contribution is 6.18.